The van der Waals surface area contributed by atoms with E-state index in [4.69, 9.17) is 14.3 Å². The van der Waals surface area contributed by atoms with Crippen LogP contribution in [0.2, 0.25) is 0 Å². The van der Waals surface area contributed by atoms with Crippen LogP contribution in [0.5, 0.6) is 5.88 Å². The van der Waals surface area contributed by atoms with Crippen LogP contribution >= 0.6 is 0 Å². The lowest BCUT2D eigenvalue weighted by Gasteiger charge is -2.35. The Morgan fingerprint density at radius 1 is 1.02 bits per heavy atom. The summed E-state index contributed by atoms with van der Waals surface area (Å²) in [4.78, 5) is 86.4. The minimum atomic E-state index is -1.19. The third kappa shape index (κ3) is 9.07. The molecule has 0 unspecified atom stereocenters. The predicted octanol–water partition coefficient (Wildman–Crippen LogP) is 1.06. The number of amides is 4. The molecule has 2 saturated heterocycles. The number of carbonyl (C=O) groups excluding carboxylic acids is 5. The second-order valence-electron chi connectivity index (χ2n) is 12.3. The number of likely N-dealkylation sites (tertiary alicyclic amines) is 1. The number of rotatable bonds is 14. The van der Waals surface area contributed by atoms with E-state index in [-0.39, 0.29) is 75.1 Å². The molecular weight excluding hydrogens is 654 g/mol. The third-order valence-electron chi connectivity index (χ3n) is 8.82. The monoisotopic (exact) mass is 697 g/mol. The Kier molecular flexibility index (Phi) is 11.9. The SMILES string of the molecule is CCOC(=O)ON1CCN(C(=O)[C@H](CCC(=O)O)NC(=O)c2cc(OCC(=O)N3CCC[C@H]3C(=O)N(C)C3CC3)n(-c3ccccc3)n2)CC1. The van der Waals surface area contributed by atoms with Gasteiger partial charge in [-0.1, -0.05) is 18.2 Å². The molecule has 17 nitrogen and oxygen atoms in total. The molecule has 0 bridgehead atoms. The average Bonchev–Trinajstić information content (AvgIpc) is 3.68. The van der Waals surface area contributed by atoms with Gasteiger partial charge < -0.3 is 39.4 Å². The van der Waals surface area contributed by atoms with Crippen LogP contribution in [0, 0.1) is 0 Å². The quantitative estimate of drug-likeness (QED) is 0.267. The number of piperazine rings is 1. The fourth-order valence-electron chi connectivity index (χ4n) is 5.98. The van der Waals surface area contributed by atoms with Gasteiger partial charge in [0.05, 0.1) is 25.4 Å². The van der Waals surface area contributed by atoms with Gasteiger partial charge in [-0.25, -0.2) is 9.48 Å². The number of benzene rings is 1. The van der Waals surface area contributed by atoms with Crippen LogP contribution in [0.3, 0.4) is 0 Å². The van der Waals surface area contributed by atoms with Gasteiger partial charge in [-0.05, 0) is 51.2 Å². The summed E-state index contributed by atoms with van der Waals surface area (Å²) in [6.45, 7) is 2.53. The maximum absolute atomic E-state index is 13.6. The Labute approximate surface area is 288 Å². The molecule has 2 aromatic rings. The van der Waals surface area contributed by atoms with Crippen molar-refractivity contribution < 1.29 is 48.2 Å². The van der Waals surface area contributed by atoms with Gasteiger partial charge in [0.15, 0.2) is 12.3 Å². The smallest absolute Gasteiger partial charge is 0.481 e. The van der Waals surface area contributed by atoms with Crippen LogP contribution in [0.4, 0.5) is 4.79 Å². The van der Waals surface area contributed by atoms with E-state index in [9.17, 15) is 33.9 Å². The fraction of sp³-hybridized carbons (Fsp3) is 0.545. The molecule has 1 aromatic heterocycles. The lowest BCUT2D eigenvalue weighted by atomic mass is 10.1. The summed E-state index contributed by atoms with van der Waals surface area (Å²) in [7, 11) is 1.77. The summed E-state index contributed by atoms with van der Waals surface area (Å²) in [6.07, 6.45) is 1.79. The van der Waals surface area contributed by atoms with Crippen LogP contribution in [0.25, 0.3) is 5.69 Å². The van der Waals surface area contributed by atoms with Crippen LogP contribution in [0.15, 0.2) is 36.4 Å². The Balaban J connectivity index is 1.27. The minimum Gasteiger partial charge on any atom is -0.481 e. The van der Waals surface area contributed by atoms with Crippen molar-refractivity contribution in [1.82, 2.24) is 34.9 Å². The maximum Gasteiger partial charge on any atom is 0.527 e. The van der Waals surface area contributed by atoms with Crippen LogP contribution in [-0.2, 0) is 28.8 Å². The molecule has 1 aliphatic carbocycles. The molecule has 3 heterocycles. The van der Waals surface area contributed by atoms with E-state index in [0.717, 1.165) is 12.8 Å². The number of carboxylic acids is 1. The zero-order chi connectivity index (χ0) is 35.8. The summed E-state index contributed by atoms with van der Waals surface area (Å²) in [5.74, 6) is -2.76. The third-order valence-corrected chi connectivity index (χ3v) is 8.82. The number of nitrogens with zero attached hydrogens (tertiary/aromatic N) is 6. The Bertz CT molecular complexity index is 1550. The molecule has 2 aliphatic heterocycles. The molecule has 0 radical (unpaired) electrons. The number of aromatic nitrogens is 2. The molecule has 5 rings (SSSR count). The number of para-hydroxylation sites is 1. The second kappa shape index (κ2) is 16.5. The van der Waals surface area contributed by atoms with E-state index in [1.165, 1.54) is 20.7 Å². The van der Waals surface area contributed by atoms with E-state index in [0.29, 0.717) is 25.1 Å². The number of nitrogens with one attached hydrogen (secondary N) is 1. The van der Waals surface area contributed by atoms with Gasteiger partial charge in [0.25, 0.3) is 11.8 Å². The number of ether oxygens (including phenoxy) is 2. The highest BCUT2D eigenvalue weighted by atomic mass is 16.8. The Morgan fingerprint density at radius 3 is 2.40 bits per heavy atom. The lowest BCUT2D eigenvalue weighted by Crippen LogP contribution is -2.55. The molecular formula is C33H43N7O10. The molecule has 50 heavy (non-hydrogen) atoms. The first-order chi connectivity index (χ1) is 24.0. The summed E-state index contributed by atoms with van der Waals surface area (Å²) >= 11 is 0. The number of likely N-dealkylation sites (N-methyl/N-ethyl adjacent to an activating group) is 1. The molecule has 1 saturated carbocycles. The molecule has 3 fully saturated rings. The number of aliphatic carboxylic acids is 1. The van der Waals surface area contributed by atoms with Crippen LogP contribution in [-0.4, -0.2) is 142 Å². The molecule has 1 aromatic carbocycles. The number of carboxylic acid groups (broad SMARTS) is 1. The van der Waals surface area contributed by atoms with E-state index in [2.05, 4.69) is 10.4 Å². The number of hydroxylamine groups is 2. The predicted molar refractivity (Wildman–Crippen MR) is 174 cm³/mol. The van der Waals surface area contributed by atoms with E-state index >= 15 is 0 Å². The highest BCUT2D eigenvalue weighted by Gasteiger charge is 2.40. The van der Waals surface area contributed by atoms with E-state index in [1.807, 2.05) is 0 Å². The molecule has 2 atom stereocenters. The normalized spacial score (nSPS) is 18.2. The summed E-state index contributed by atoms with van der Waals surface area (Å²) in [5, 5.41) is 17.7. The van der Waals surface area contributed by atoms with Crippen molar-refractivity contribution in [2.45, 2.75) is 63.6 Å². The number of hydrogen-bond acceptors (Lipinski definition) is 11. The van der Waals surface area contributed by atoms with Gasteiger partial charge in [-0.2, -0.15) is 5.10 Å². The van der Waals surface area contributed by atoms with E-state index in [1.54, 1.807) is 54.1 Å². The van der Waals surface area contributed by atoms with Gasteiger partial charge in [0, 0.05) is 45.2 Å². The molecule has 4 amide bonds. The second-order valence-corrected chi connectivity index (χ2v) is 12.3. The van der Waals surface area contributed by atoms with Crippen molar-refractivity contribution in [2.24, 2.45) is 0 Å². The Morgan fingerprint density at radius 2 is 1.74 bits per heavy atom. The largest absolute Gasteiger partial charge is 0.527 e. The molecule has 17 heteroatoms. The van der Waals surface area contributed by atoms with E-state index < -0.39 is 42.6 Å². The highest BCUT2D eigenvalue weighted by molar-refractivity contribution is 5.96. The van der Waals surface area contributed by atoms with Gasteiger partial charge in [0.2, 0.25) is 17.7 Å². The first-order valence-corrected chi connectivity index (χ1v) is 16.8. The summed E-state index contributed by atoms with van der Waals surface area (Å²) < 4.78 is 12.1. The van der Waals surface area contributed by atoms with Crippen molar-refractivity contribution in [1.29, 1.82) is 0 Å². The molecule has 3 aliphatic rings. The number of carbonyl (C=O) groups is 6. The van der Waals surface area contributed by atoms with Crippen molar-refractivity contribution in [3.63, 3.8) is 0 Å². The van der Waals surface area contributed by atoms with Crippen molar-refractivity contribution >= 4 is 35.8 Å². The average molecular weight is 698 g/mol. The van der Waals surface area contributed by atoms with Gasteiger partial charge in [0.1, 0.15) is 12.1 Å². The molecule has 0 spiro atoms. The van der Waals surface area contributed by atoms with Gasteiger partial charge in [-0.3, -0.25) is 24.0 Å². The Hall–Kier alpha value is -5.19. The number of hydrogen-bond donors (Lipinski definition) is 2. The molecule has 270 valence electrons. The zero-order valence-electron chi connectivity index (χ0n) is 28.2. The first-order valence-electron chi connectivity index (χ1n) is 16.8. The standard InChI is InChI=1S/C33H43N7O10/c1-3-48-33(47)50-38-18-16-37(17-19-38)31(45)24(13-14-29(42)43)34-30(44)25-20-28(40(35-25)23-8-5-4-6-9-23)49-21-27(41)39-15-7-10-26(39)32(46)36(2)22-11-12-22/h4-6,8-9,20,22,24,26H,3,7,10-19,21H2,1-2H3,(H,34,44)(H,42,43)/t24-,26-/m0/s1. The van der Waals surface area contributed by atoms with Crippen LogP contribution < -0.4 is 10.1 Å². The zero-order valence-corrected chi connectivity index (χ0v) is 28.2. The van der Waals surface area contributed by atoms with Gasteiger partial charge in [-0.15, -0.1) is 5.06 Å². The van der Waals surface area contributed by atoms with Crippen molar-refractivity contribution in [3.05, 3.63) is 42.1 Å². The maximum atomic E-state index is 13.6. The lowest BCUT2D eigenvalue weighted by molar-refractivity contribution is -0.157. The highest BCUT2D eigenvalue weighted by Crippen LogP contribution is 2.29. The van der Waals surface area contributed by atoms with Crippen molar-refractivity contribution in [2.75, 3.05) is 53.0 Å². The summed E-state index contributed by atoms with van der Waals surface area (Å²) in [5.41, 5.74) is 0.410. The molecule has 2 N–H and O–H groups in total. The summed E-state index contributed by atoms with van der Waals surface area (Å²) in [6, 6.07) is 8.62. The van der Waals surface area contributed by atoms with Crippen molar-refractivity contribution in [3.8, 4) is 11.6 Å². The topological polar surface area (TPSA) is 193 Å². The fourth-order valence-corrected chi connectivity index (χ4v) is 5.98. The van der Waals surface area contributed by atoms with Crippen LogP contribution in [0.1, 0.15) is 55.9 Å². The van der Waals surface area contributed by atoms with Gasteiger partial charge >= 0.3 is 12.1 Å². The minimum absolute atomic E-state index is 0.0782. The first kappa shape index (κ1) is 36.1.